The van der Waals surface area contributed by atoms with Gasteiger partial charge in [0.25, 0.3) is 0 Å². The van der Waals surface area contributed by atoms with Crippen LogP contribution in [0.2, 0.25) is 0 Å². The average molecular weight is 263 g/mol. The van der Waals surface area contributed by atoms with E-state index in [2.05, 4.69) is 10.2 Å². The summed E-state index contributed by atoms with van der Waals surface area (Å²) in [5.74, 6) is -0.459. The van der Waals surface area contributed by atoms with Crippen molar-refractivity contribution in [2.45, 2.75) is 19.9 Å². The fourth-order valence-electron chi connectivity index (χ4n) is 1.83. The number of carbonyl (C=O) groups is 1. The minimum Gasteiger partial charge on any atom is -0.459 e. The molecule has 7 heteroatoms. The van der Waals surface area contributed by atoms with Crippen molar-refractivity contribution in [2.24, 2.45) is 7.05 Å². The maximum atomic E-state index is 12.0. The van der Waals surface area contributed by atoms with Gasteiger partial charge in [-0.05, 0) is 12.5 Å². The number of hydrogen-bond acceptors (Lipinski definition) is 5. The molecule has 19 heavy (non-hydrogen) atoms. The van der Waals surface area contributed by atoms with Gasteiger partial charge in [-0.3, -0.25) is 9.36 Å². The normalized spacial score (nSPS) is 10.6. The lowest BCUT2D eigenvalue weighted by Gasteiger charge is -2.06. The van der Waals surface area contributed by atoms with Crippen LogP contribution < -0.4 is 5.73 Å². The van der Waals surface area contributed by atoms with Gasteiger partial charge in [0.1, 0.15) is 6.61 Å². The Hall–Kier alpha value is -2.31. The van der Waals surface area contributed by atoms with Crippen molar-refractivity contribution in [1.82, 2.24) is 19.6 Å². The first kappa shape index (κ1) is 13.1. The molecule has 0 radical (unpaired) electrons. The molecule has 0 atom stereocenters. The fraction of sp³-hybridized carbons (Fsp3) is 0.417. The van der Waals surface area contributed by atoms with Crippen molar-refractivity contribution in [1.29, 1.82) is 0 Å². The lowest BCUT2D eigenvalue weighted by Crippen LogP contribution is -2.16. The molecule has 7 nitrogen and oxygen atoms in total. The third kappa shape index (κ3) is 2.75. The van der Waals surface area contributed by atoms with E-state index in [1.54, 1.807) is 17.9 Å². The molecule has 2 aromatic heterocycles. The second-order valence-corrected chi connectivity index (χ2v) is 4.09. The summed E-state index contributed by atoms with van der Waals surface area (Å²) in [6.45, 7) is 2.69. The van der Waals surface area contributed by atoms with Crippen molar-refractivity contribution < 1.29 is 9.53 Å². The molecule has 0 fully saturated rings. The average Bonchev–Trinajstić information content (AvgIpc) is 2.97. The number of aromatic nitrogens is 4. The zero-order chi connectivity index (χ0) is 13.8. The molecule has 102 valence electrons. The Kier molecular flexibility index (Phi) is 3.84. The van der Waals surface area contributed by atoms with Gasteiger partial charge in [0.05, 0.1) is 17.9 Å². The third-order valence-corrected chi connectivity index (χ3v) is 2.80. The summed E-state index contributed by atoms with van der Waals surface area (Å²) in [6.07, 6.45) is 4.16. The maximum absolute atomic E-state index is 12.0. The van der Waals surface area contributed by atoms with Gasteiger partial charge in [-0.2, -0.15) is 10.2 Å². The Balaban J connectivity index is 1.98. The monoisotopic (exact) mass is 263 g/mol. The van der Waals surface area contributed by atoms with Gasteiger partial charge >= 0.3 is 5.97 Å². The smallest absolute Gasteiger partial charge is 0.358 e. The first-order chi connectivity index (χ1) is 9.13. The molecule has 2 aromatic rings. The molecule has 0 aliphatic rings. The molecule has 0 saturated carbocycles. The molecule has 0 bridgehead atoms. The van der Waals surface area contributed by atoms with Crippen molar-refractivity contribution in [2.75, 3.05) is 12.3 Å². The molecule has 0 spiro atoms. The Labute approximate surface area is 111 Å². The number of anilines is 1. The number of rotatable bonds is 5. The number of nitrogens with zero attached hydrogens (tertiary/aromatic N) is 4. The van der Waals surface area contributed by atoms with Crippen LogP contribution in [0.3, 0.4) is 0 Å². The largest absolute Gasteiger partial charge is 0.459 e. The van der Waals surface area contributed by atoms with E-state index in [-0.39, 0.29) is 6.61 Å². The Morgan fingerprint density at radius 1 is 1.53 bits per heavy atom. The van der Waals surface area contributed by atoms with Crippen molar-refractivity contribution in [3.63, 3.8) is 0 Å². The summed E-state index contributed by atoms with van der Waals surface area (Å²) < 4.78 is 8.33. The van der Waals surface area contributed by atoms with E-state index in [9.17, 15) is 4.79 Å². The van der Waals surface area contributed by atoms with E-state index in [1.165, 1.54) is 4.68 Å². The van der Waals surface area contributed by atoms with E-state index >= 15 is 0 Å². The van der Waals surface area contributed by atoms with Crippen LogP contribution in [-0.2, 0) is 24.8 Å². The van der Waals surface area contributed by atoms with Crippen LogP contribution in [0.4, 0.5) is 5.69 Å². The van der Waals surface area contributed by atoms with Gasteiger partial charge in [-0.1, -0.05) is 6.92 Å². The highest BCUT2D eigenvalue weighted by atomic mass is 16.5. The summed E-state index contributed by atoms with van der Waals surface area (Å²) in [5, 5.41) is 8.20. The number of hydrogen-bond donors (Lipinski definition) is 1. The number of esters is 1. The minimum absolute atomic E-state index is 0.243. The molecule has 0 amide bonds. The molecule has 0 aromatic carbocycles. The maximum Gasteiger partial charge on any atom is 0.358 e. The number of ether oxygens (including phenoxy) is 1. The fourth-order valence-corrected chi connectivity index (χ4v) is 1.83. The SMILES string of the molecule is CCc1nn(C)c(C(=O)OCCn2cccn2)c1N. The molecular formula is C12H17N5O2. The second kappa shape index (κ2) is 5.55. The topological polar surface area (TPSA) is 88.0 Å². The first-order valence-corrected chi connectivity index (χ1v) is 6.09. The molecule has 0 aliphatic carbocycles. The minimum atomic E-state index is -0.459. The first-order valence-electron chi connectivity index (χ1n) is 6.09. The van der Waals surface area contributed by atoms with Crippen LogP contribution >= 0.6 is 0 Å². The van der Waals surface area contributed by atoms with E-state index < -0.39 is 5.97 Å². The van der Waals surface area contributed by atoms with Gasteiger partial charge < -0.3 is 10.5 Å². The molecular weight excluding hydrogens is 246 g/mol. The van der Waals surface area contributed by atoms with Crippen molar-refractivity contribution in [3.05, 3.63) is 29.8 Å². The van der Waals surface area contributed by atoms with Gasteiger partial charge in [0.15, 0.2) is 5.69 Å². The molecule has 0 unspecified atom stereocenters. The van der Waals surface area contributed by atoms with Crippen LogP contribution in [0.15, 0.2) is 18.5 Å². The zero-order valence-electron chi connectivity index (χ0n) is 11.0. The molecule has 2 heterocycles. The van der Waals surface area contributed by atoms with Crippen molar-refractivity contribution >= 4 is 11.7 Å². The highest BCUT2D eigenvalue weighted by Gasteiger charge is 2.20. The van der Waals surface area contributed by atoms with Crippen LogP contribution in [0.5, 0.6) is 0 Å². The van der Waals surface area contributed by atoms with E-state index in [1.807, 2.05) is 19.2 Å². The summed E-state index contributed by atoms with van der Waals surface area (Å²) in [4.78, 5) is 12.0. The van der Waals surface area contributed by atoms with E-state index in [0.29, 0.717) is 30.0 Å². The molecule has 2 rings (SSSR count). The predicted octanol–water partition coefficient (Wildman–Crippen LogP) is 0.618. The number of nitrogens with two attached hydrogens (primary N) is 1. The van der Waals surface area contributed by atoms with E-state index in [4.69, 9.17) is 10.5 Å². The summed E-state index contributed by atoms with van der Waals surface area (Å²) in [5.41, 5.74) is 7.29. The number of nitrogen functional groups attached to an aromatic ring is 1. The predicted molar refractivity (Wildman–Crippen MR) is 69.5 cm³/mol. The van der Waals surface area contributed by atoms with Gasteiger partial charge in [0.2, 0.25) is 0 Å². The summed E-state index contributed by atoms with van der Waals surface area (Å²) in [6, 6.07) is 1.81. The number of aryl methyl sites for hydroxylation is 2. The molecule has 0 saturated heterocycles. The zero-order valence-corrected chi connectivity index (χ0v) is 11.0. The molecule has 2 N–H and O–H groups in total. The molecule has 0 aliphatic heterocycles. The van der Waals surface area contributed by atoms with Crippen molar-refractivity contribution in [3.8, 4) is 0 Å². The number of carbonyl (C=O) groups excluding carboxylic acids is 1. The summed E-state index contributed by atoms with van der Waals surface area (Å²) in [7, 11) is 1.68. The van der Waals surface area contributed by atoms with Crippen LogP contribution in [0, 0.1) is 0 Å². The van der Waals surface area contributed by atoms with Gasteiger partial charge in [-0.15, -0.1) is 0 Å². The highest BCUT2D eigenvalue weighted by Crippen LogP contribution is 2.17. The Bertz CT molecular complexity index is 559. The van der Waals surface area contributed by atoms with Gasteiger partial charge in [-0.25, -0.2) is 4.79 Å². The quantitative estimate of drug-likeness (QED) is 0.799. The van der Waals surface area contributed by atoms with Crippen LogP contribution in [-0.4, -0.2) is 32.1 Å². The Morgan fingerprint density at radius 2 is 2.32 bits per heavy atom. The van der Waals surface area contributed by atoms with E-state index in [0.717, 1.165) is 0 Å². The third-order valence-electron chi connectivity index (χ3n) is 2.80. The second-order valence-electron chi connectivity index (χ2n) is 4.09. The Morgan fingerprint density at radius 3 is 2.89 bits per heavy atom. The lowest BCUT2D eigenvalue weighted by molar-refractivity contribution is 0.0476. The lowest BCUT2D eigenvalue weighted by atomic mass is 10.2. The summed E-state index contributed by atoms with van der Waals surface area (Å²) >= 11 is 0. The van der Waals surface area contributed by atoms with Crippen LogP contribution in [0.1, 0.15) is 23.1 Å². The van der Waals surface area contributed by atoms with Gasteiger partial charge in [0, 0.05) is 19.4 Å². The standard InChI is InChI=1S/C12H17N5O2/c1-3-9-10(13)11(16(2)15-9)12(18)19-8-7-17-6-4-5-14-17/h4-6H,3,7-8,13H2,1-2H3. The van der Waals surface area contributed by atoms with Crippen LogP contribution in [0.25, 0.3) is 0 Å². The highest BCUT2D eigenvalue weighted by molar-refractivity contribution is 5.93.